The molecule has 130 valence electrons. The summed E-state index contributed by atoms with van der Waals surface area (Å²) in [5.74, 6) is 0.720. The average Bonchev–Trinajstić information content (AvgIpc) is 3.05. The van der Waals surface area contributed by atoms with Gasteiger partial charge >= 0.3 is 0 Å². The van der Waals surface area contributed by atoms with E-state index in [4.69, 9.17) is 5.10 Å². The Morgan fingerprint density at radius 2 is 1.68 bits per heavy atom. The third-order valence-corrected chi connectivity index (χ3v) is 4.49. The zero-order chi connectivity index (χ0) is 17.5. The number of hydrogen-bond donors (Lipinski definition) is 0. The van der Waals surface area contributed by atoms with Crippen LogP contribution < -0.4 is 0 Å². The topological polar surface area (TPSA) is 21.1 Å². The second-order valence-corrected chi connectivity index (χ2v) is 6.92. The van der Waals surface area contributed by atoms with Crippen LogP contribution in [0.3, 0.4) is 0 Å². The molecule has 2 heterocycles. The van der Waals surface area contributed by atoms with Crippen LogP contribution in [0.15, 0.2) is 12.3 Å². The minimum Gasteiger partial charge on any atom is -0.301 e. The molecular formula is C19H39N3. The molecular weight excluding hydrogens is 270 g/mol. The monoisotopic (exact) mass is 309 g/mol. The molecule has 0 bridgehead atoms. The van der Waals surface area contributed by atoms with Crippen molar-refractivity contribution in [2.24, 2.45) is 5.92 Å². The van der Waals surface area contributed by atoms with Crippen molar-refractivity contribution in [2.75, 3.05) is 7.05 Å². The predicted molar refractivity (Wildman–Crippen MR) is 98.4 cm³/mol. The van der Waals surface area contributed by atoms with E-state index < -0.39 is 0 Å². The number of hydrogen-bond acceptors (Lipinski definition) is 2. The van der Waals surface area contributed by atoms with Crippen LogP contribution in [-0.2, 0) is 12.0 Å². The summed E-state index contributed by atoms with van der Waals surface area (Å²) in [5.41, 5.74) is 1.34. The Balaban J connectivity index is 0.00000102. The van der Waals surface area contributed by atoms with Crippen LogP contribution in [0.25, 0.3) is 0 Å². The van der Waals surface area contributed by atoms with E-state index >= 15 is 0 Å². The first kappa shape index (κ1) is 21.2. The van der Waals surface area contributed by atoms with Crippen molar-refractivity contribution in [1.82, 2.24) is 14.7 Å². The summed E-state index contributed by atoms with van der Waals surface area (Å²) in [4.78, 5) is 2.48. The molecule has 0 aromatic carbocycles. The van der Waals surface area contributed by atoms with Crippen LogP contribution in [0.2, 0.25) is 0 Å². The van der Waals surface area contributed by atoms with E-state index in [1.165, 1.54) is 12.1 Å². The molecule has 0 radical (unpaired) electrons. The van der Waals surface area contributed by atoms with Crippen LogP contribution in [-0.4, -0.2) is 33.8 Å². The van der Waals surface area contributed by atoms with E-state index in [0.717, 1.165) is 12.5 Å². The Hall–Kier alpha value is -0.830. The van der Waals surface area contributed by atoms with Crippen LogP contribution in [0.4, 0.5) is 0 Å². The average molecular weight is 310 g/mol. The normalized spacial score (nSPS) is 25.1. The Morgan fingerprint density at radius 1 is 1.14 bits per heavy atom. The summed E-state index contributed by atoms with van der Waals surface area (Å²) in [6.07, 6.45) is 3.42. The van der Waals surface area contributed by atoms with E-state index in [9.17, 15) is 0 Å². The lowest BCUT2D eigenvalue weighted by atomic mass is 9.93. The SMILES string of the molecule is CC.CC.CC1CC(Cn2ccc(C(C)(C)C)n2)[C@@H](C)N1C. The van der Waals surface area contributed by atoms with Crippen molar-refractivity contribution in [3.8, 4) is 0 Å². The maximum atomic E-state index is 4.73. The Labute approximate surface area is 139 Å². The quantitative estimate of drug-likeness (QED) is 0.769. The molecule has 3 nitrogen and oxygen atoms in total. The number of rotatable bonds is 2. The number of aromatic nitrogens is 2. The van der Waals surface area contributed by atoms with E-state index in [1.54, 1.807) is 0 Å². The molecule has 1 fully saturated rings. The Kier molecular flexibility index (Phi) is 8.99. The number of nitrogens with zero attached hydrogens (tertiary/aromatic N) is 3. The molecule has 1 aliphatic rings. The van der Waals surface area contributed by atoms with Crippen LogP contribution in [0, 0.1) is 5.92 Å². The molecule has 0 spiro atoms. The fourth-order valence-electron chi connectivity index (χ4n) is 2.87. The predicted octanol–water partition coefficient (Wildman–Crippen LogP) is 4.96. The molecule has 0 amide bonds. The Bertz CT molecular complexity index is 403. The lowest BCUT2D eigenvalue weighted by Crippen LogP contribution is -2.31. The van der Waals surface area contributed by atoms with Crippen molar-refractivity contribution in [3.63, 3.8) is 0 Å². The van der Waals surface area contributed by atoms with Gasteiger partial charge in [-0.15, -0.1) is 0 Å². The second kappa shape index (κ2) is 9.34. The Morgan fingerprint density at radius 3 is 2.05 bits per heavy atom. The highest BCUT2D eigenvalue weighted by Gasteiger charge is 2.33. The molecule has 2 rings (SSSR count). The smallest absolute Gasteiger partial charge is 0.0677 e. The van der Waals surface area contributed by atoms with Crippen molar-refractivity contribution >= 4 is 0 Å². The van der Waals surface area contributed by atoms with Gasteiger partial charge in [-0.3, -0.25) is 4.68 Å². The van der Waals surface area contributed by atoms with E-state index in [0.29, 0.717) is 12.1 Å². The van der Waals surface area contributed by atoms with Crippen LogP contribution >= 0.6 is 0 Å². The second-order valence-electron chi connectivity index (χ2n) is 6.92. The van der Waals surface area contributed by atoms with Gasteiger partial charge in [-0.25, -0.2) is 0 Å². The highest BCUT2D eigenvalue weighted by molar-refractivity contribution is 5.10. The van der Waals surface area contributed by atoms with Gasteiger partial charge in [0.25, 0.3) is 0 Å². The molecule has 0 aliphatic carbocycles. The van der Waals surface area contributed by atoms with Gasteiger partial charge in [0.2, 0.25) is 0 Å². The van der Waals surface area contributed by atoms with Crippen molar-refractivity contribution < 1.29 is 0 Å². The minimum absolute atomic E-state index is 0.149. The van der Waals surface area contributed by atoms with Crippen molar-refractivity contribution in [1.29, 1.82) is 0 Å². The third-order valence-electron chi connectivity index (χ3n) is 4.49. The molecule has 0 N–H and O–H groups in total. The molecule has 3 atom stereocenters. The van der Waals surface area contributed by atoms with Gasteiger partial charge in [-0.2, -0.15) is 5.10 Å². The molecule has 1 aromatic heterocycles. The molecule has 22 heavy (non-hydrogen) atoms. The first-order valence-corrected chi connectivity index (χ1v) is 9.05. The van der Waals surface area contributed by atoms with Gasteiger partial charge in [0, 0.05) is 30.2 Å². The highest BCUT2D eigenvalue weighted by atomic mass is 15.3. The standard InChI is InChI=1S/C15H27N3.2C2H6/c1-11-9-13(12(2)17(11)6)10-18-8-7-14(16-18)15(3,4)5;2*1-2/h7-8,11-13H,9-10H2,1-6H3;2*1-2H3/t11?,12-,13?;;/m1../s1. The summed E-state index contributed by atoms with van der Waals surface area (Å²) >= 11 is 0. The fourth-order valence-corrected chi connectivity index (χ4v) is 2.87. The van der Waals surface area contributed by atoms with Gasteiger partial charge in [0.15, 0.2) is 0 Å². The van der Waals surface area contributed by atoms with Gasteiger partial charge in [0.05, 0.1) is 5.69 Å². The summed E-state index contributed by atoms with van der Waals surface area (Å²) in [7, 11) is 2.24. The van der Waals surface area contributed by atoms with Crippen molar-refractivity contribution in [2.45, 2.75) is 92.8 Å². The number of likely N-dealkylation sites (tertiary alicyclic amines) is 1. The largest absolute Gasteiger partial charge is 0.301 e. The fraction of sp³-hybridized carbons (Fsp3) is 0.842. The molecule has 3 heteroatoms. The molecule has 1 saturated heterocycles. The third kappa shape index (κ3) is 5.42. The molecule has 0 saturated carbocycles. The van der Waals surface area contributed by atoms with E-state index in [-0.39, 0.29) is 5.41 Å². The summed E-state index contributed by atoms with van der Waals surface area (Å²) in [6.45, 7) is 20.4. The maximum absolute atomic E-state index is 4.73. The summed E-state index contributed by atoms with van der Waals surface area (Å²) in [6, 6.07) is 3.51. The zero-order valence-corrected chi connectivity index (χ0v) is 16.6. The van der Waals surface area contributed by atoms with Crippen molar-refractivity contribution in [3.05, 3.63) is 18.0 Å². The first-order valence-electron chi connectivity index (χ1n) is 9.05. The molecule has 1 aliphatic heterocycles. The van der Waals surface area contributed by atoms with Gasteiger partial charge < -0.3 is 4.90 Å². The first-order chi connectivity index (χ1) is 10.3. The molecule has 2 unspecified atom stereocenters. The lowest BCUT2D eigenvalue weighted by molar-refractivity contribution is 0.239. The van der Waals surface area contributed by atoms with Gasteiger partial charge in [0.1, 0.15) is 0 Å². The summed E-state index contributed by atoms with van der Waals surface area (Å²) in [5, 5.41) is 4.73. The molecule has 1 aromatic rings. The zero-order valence-electron chi connectivity index (χ0n) is 16.6. The van der Waals surface area contributed by atoms with E-state index in [1.807, 2.05) is 27.7 Å². The van der Waals surface area contributed by atoms with Crippen LogP contribution in [0.1, 0.15) is 74.4 Å². The highest BCUT2D eigenvalue weighted by Crippen LogP contribution is 2.29. The maximum Gasteiger partial charge on any atom is 0.0677 e. The lowest BCUT2D eigenvalue weighted by Gasteiger charge is -2.22. The minimum atomic E-state index is 0.149. The summed E-state index contributed by atoms with van der Waals surface area (Å²) < 4.78 is 2.13. The van der Waals surface area contributed by atoms with Gasteiger partial charge in [-0.1, -0.05) is 48.5 Å². The van der Waals surface area contributed by atoms with Crippen LogP contribution in [0.5, 0.6) is 0 Å². The van der Waals surface area contributed by atoms with E-state index in [2.05, 4.69) is 63.5 Å². The van der Waals surface area contributed by atoms with Gasteiger partial charge in [-0.05, 0) is 39.3 Å².